The predicted molar refractivity (Wildman–Crippen MR) is 87.9 cm³/mol. The van der Waals surface area contributed by atoms with Crippen LogP contribution in [0.2, 0.25) is 5.04 Å². The van der Waals surface area contributed by atoms with Crippen LogP contribution in [-0.2, 0) is 4.79 Å². The van der Waals surface area contributed by atoms with E-state index in [1.54, 1.807) is 5.70 Å². The molecular formula is C18H20OSi. The zero-order valence-corrected chi connectivity index (χ0v) is 13.3. The summed E-state index contributed by atoms with van der Waals surface area (Å²) in [7, 11) is -2.30. The number of hydrogen-bond acceptors (Lipinski definition) is 1. The Morgan fingerprint density at radius 3 is 1.55 bits per heavy atom. The lowest BCUT2D eigenvalue weighted by molar-refractivity contribution is 0.569. The highest BCUT2D eigenvalue weighted by molar-refractivity contribution is 7.08. The number of rotatable bonds is 3. The van der Waals surface area contributed by atoms with E-state index < -0.39 is 8.07 Å². The Kier molecular flexibility index (Phi) is 4.08. The Morgan fingerprint density at radius 2 is 1.25 bits per heavy atom. The first kappa shape index (κ1) is 14.5. The quantitative estimate of drug-likeness (QED) is 0.624. The molecule has 0 bridgehead atoms. The fourth-order valence-corrected chi connectivity index (χ4v) is 7.35. The summed E-state index contributed by atoms with van der Waals surface area (Å²) in [5, 5.41) is 2.50. The molecule has 2 rings (SSSR count). The maximum atomic E-state index is 11.3. The highest BCUT2D eigenvalue weighted by atomic mass is 28.3. The summed E-state index contributed by atoms with van der Waals surface area (Å²) in [4.78, 5) is 11.3. The lowest BCUT2D eigenvalue weighted by Crippen LogP contribution is -2.63. The second kappa shape index (κ2) is 5.62. The minimum atomic E-state index is -2.30. The van der Waals surface area contributed by atoms with Crippen LogP contribution in [0, 0.1) is 0 Å². The van der Waals surface area contributed by atoms with Crippen LogP contribution < -0.4 is 10.4 Å². The average Bonchev–Trinajstić information content (AvgIpc) is 2.45. The molecule has 0 radical (unpaired) electrons. The van der Waals surface area contributed by atoms with Crippen molar-refractivity contribution in [1.82, 2.24) is 0 Å². The van der Waals surface area contributed by atoms with E-state index >= 15 is 0 Å². The zero-order chi connectivity index (χ0) is 14.6. The first-order chi connectivity index (χ1) is 9.52. The molecule has 0 amide bonds. The van der Waals surface area contributed by atoms with Crippen LogP contribution in [0.25, 0.3) is 0 Å². The molecule has 0 N–H and O–H groups in total. The van der Waals surface area contributed by atoms with Gasteiger partial charge in [-0.05, 0) is 21.1 Å². The smallest absolute Gasteiger partial charge is 0.158 e. The first-order valence-corrected chi connectivity index (χ1v) is 8.93. The number of hydrogen-bond donors (Lipinski definition) is 0. The average molecular weight is 280 g/mol. The van der Waals surface area contributed by atoms with Crippen molar-refractivity contribution in [3.05, 3.63) is 66.4 Å². The van der Waals surface area contributed by atoms with Gasteiger partial charge in [0.2, 0.25) is 0 Å². The van der Waals surface area contributed by atoms with E-state index in [0.29, 0.717) is 0 Å². The first-order valence-electron chi connectivity index (χ1n) is 6.85. The van der Waals surface area contributed by atoms with E-state index in [9.17, 15) is 4.79 Å². The van der Waals surface area contributed by atoms with Crippen molar-refractivity contribution in [1.29, 1.82) is 0 Å². The number of carbonyl (C=O) groups excluding carboxylic acids is 1. The van der Waals surface area contributed by atoms with Gasteiger partial charge in [-0.2, -0.15) is 0 Å². The molecular weight excluding hydrogens is 260 g/mol. The summed E-state index contributed by atoms with van der Waals surface area (Å²) in [6.45, 7) is 6.65. The molecule has 2 aromatic rings. The molecule has 0 spiro atoms. The predicted octanol–water partition coefficient (Wildman–Crippen LogP) is 2.98. The zero-order valence-electron chi connectivity index (χ0n) is 12.3. The van der Waals surface area contributed by atoms with Crippen LogP contribution in [0.3, 0.4) is 0 Å². The van der Waals surface area contributed by atoms with Crippen molar-refractivity contribution < 1.29 is 4.79 Å². The van der Waals surface area contributed by atoms with Crippen LogP contribution in [0.4, 0.5) is 0 Å². The van der Waals surface area contributed by atoms with Crippen molar-refractivity contribution in [3.63, 3.8) is 0 Å². The van der Waals surface area contributed by atoms with Crippen molar-refractivity contribution in [2.75, 3.05) is 0 Å². The molecule has 0 saturated heterocycles. The normalized spacial score (nSPS) is 11.8. The van der Waals surface area contributed by atoms with Gasteiger partial charge < -0.3 is 0 Å². The van der Waals surface area contributed by atoms with Gasteiger partial charge in [-0.15, -0.1) is 0 Å². The van der Waals surface area contributed by atoms with Gasteiger partial charge in [0.1, 0.15) is 5.94 Å². The van der Waals surface area contributed by atoms with Gasteiger partial charge in [0, 0.05) is 0 Å². The second-order valence-corrected chi connectivity index (χ2v) is 10.6. The van der Waals surface area contributed by atoms with Crippen molar-refractivity contribution in [3.8, 4) is 0 Å². The van der Waals surface area contributed by atoms with E-state index in [1.165, 1.54) is 10.4 Å². The molecule has 0 fully saturated rings. The third kappa shape index (κ3) is 2.40. The second-order valence-electron chi connectivity index (χ2n) is 6.05. The van der Waals surface area contributed by atoms with Gasteiger partial charge in [-0.25, -0.2) is 4.79 Å². The van der Waals surface area contributed by atoms with E-state index in [2.05, 4.69) is 51.0 Å². The van der Waals surface area contributed by atoms with Crippen molar-refractivity contribution in [2.24, 2.45) is 0 Å². The fraction of sp³-hybridized carbons (Fsp3) is 0.222. The molecule has 1 nitrogen and oxygen atoms in total. The van der Waals surface area contributed by atoms with Gasteiger partial charge in [0.25, 0.3) is 0 Å². The van der Waals surface area contributed by atoms with Crippen LogP contribution in [0.5, 0.6) is 0 Å². The summed E-state index contributed by atoms with van der Waals surface area (Å²) >= 11 is 0. The SMILES string of the molecule is CC(C)(C)[Si](C=C=O)(c1ccccc1)c1ccccc1. The monoisotopic (exact) mass is 280 g/mol. The Morgan fingerprint density at radius 1 is 0.850 bits per heavy atom. The molecule has 102 valence electrons. The molecule has 0 aliphatic heterocycles. The maximum Gasteiger partial charge on any atom is 0.158 e. The molecule has 20 heavy (non-hydrogen) atoms. The van der Waals surface area contributed by atoms with Gasteiger partial charge >= 0.3 is 0 Å². The van der Waals surface area contributed by atoms with E-state index in [0.717, 1.165) is 0 Å². The van der Waals surface area contributed by atoms with Crippen molar-refractivity contribution in [2.45, 2.75) is 25.8 Å². The highest BCUT2D eigenvalue weighted by Crippen LogP contribution is 2.36. The molecule has 0 atom stereocenters. The lowest BCUT2D eigenvalue weighted by atomic mass is 10.2. The molecule has 0 aliphatic rings. The topological polar surface area (TPSA) is 17.1 Å². The largest absolute Gasteiger partial charge is 0.234 e. The van der Waals surface area contributed by atoms with E-state index in [-0.39, 0.29) is 5.04 Å². The third-order valence-electron chi connectivity index (χ3n) is 3.92. The fourth-order valence-electron chi connectivity index (χ4n) is 2.91. The third-order valence-corrected chi connectivity index (χ3v) is 9.32. The van der Waals surface area contributed by atoms with Crippen LogP contribution >= 0.6 is 0 Å². The summed E-state index contributed by atoms with van der Waals surface area (Å²) in [6.07, 6.45) is 0. The lowest BCUT2D eigenvalue weighted by Gasteiger charge is -2.40. The van der Waals surface area contributed by atoms with Crippen LogP contribution in [0.15, 0.2) is 66.4 Å². The van der Waals surface area contributed by atoms with Gasteiger partial charge in [0.05, 0.1) is 0 Å². The molecule has 0 aliphatic carbocycles. The van der Waals surface area contributed by atoms with Gasteiger partial charge in [0.15, 0.2) is 8.07 Å². The highest BCUT2D eigenvalue weighted by Gasteiger charge is 2.46. The van der Waals surface area contributed by atoms with Crippen molar-refractivity contribution >= 4 is 24.4 Å². The maximum absolute atomic E-state index is 11.3. The standard InChI is InChI=1S/C18H20OSi/c1-18(2,3)20(15-14-19,16-10-6-4-7-11-16)17-12-8-5-9-13-17/h4-13,15H,1-3H3. The Labute approximate surface area is 122 Å². The van der Waals surface area contributed by atoms with Gasteiger partial charge in [-0.1, -0.05) is 81.4 Å². The summed E-state index contributed by atoms with van der Waals surface area (Å²) in [5.41, 5.74) is 1.80. The van der Waals surface area contributed by atoms with Gasteiger partial charge in [-0.3, -0.25) is 0 Å². The van der Waals surface area contributed by atoms with E-state index in [4.69, 9.17) is 0 Å². The summed E-state index contributed by atoms with van der Waals surface area (Å²) in [5.74, 6) is 2.10. The van der Waals surface area contributed by atoms with Crippen LogP contribution in [0.1, 0.15) is 20.8 Å². The summed E-state index contributed by atoms with van der Waals surface area (Å²) < 4.78 is 0. The molecule has 2 aromatic carbocycles. The minimum Gasteiger partial charge on any atom is -0.234 e. The molecule has 0 aromatic heterocycles. The molecule has 0 heterocycles. The number of benzene rings is 2. The molecule has 0 unspecified atom stereocenters. The Bertz CT molecular complexity index is 565. The molecule has 2 heteroatoms. The Balaban J connectivity index is 2.81. The van der Waals surface area contributed by atoms with Crippen LogP contribution in [-0.4, -0.2) is 14.0 Å². The van der Waals surface area contributed by atoms with E-state index in [1.807, 2.05) is 36.4 Å². The minimum absolute atomic E-state index is 0.00683. The molecule has 0 saturated carbocycles. The Hall–Kier alpha value is -1.89. The summed E-state index contributed by atoms with van der Waals surface area (Å²) in [6, 6.07) is 20.8.